The number of hydrogen-bond acceptors (Lipinski definition) is 4. The molecule has 5 nitrogen and oxygen atoms in total. The van der Waals surface area contributed by atoms with E-state index in [4.69, 9.17) is 0 Å². The Morgan fingerprint density at radius 2 is 2.09 bits per heavy atom. The highest BCUT2D eigenvalue weighted by Crippen LogP contribution is 2.26. The largest absolute Gasteiger partial charge is 0.321 e. The van der Waals surface area contributed by atoms with E-state index in [0.29, 0.717) is 5.13 Å². The molecule has 0 atom stereocenters. The quantitative estimate of drug-likeness (QED) is 0.627. The van der Waals surface area contributed by atoms with Crippen LogP contribution in [0.1, 0.15) is 5.56 Å². The van der Waals surface area contributed by atoms with Crippen LogP contribution < -0.4 is 5.32 Å². The number of fused-ring (bicyclic) bond motifs is 2. The average molecular weight is 322 g/mol. The summed E-state index contributed by atoms with van der Waals surface area (Å²) in [5, 5.41) is 3.50. The monoisotopic (exact) mass is 322 g/mol. The van der Waals surface area contributed by atoms with Gasteiger partial charge in [0.25, 0.3) is 0 Å². The van der Waals surface area contributed by atoms with E-state index in [9.17, 15) is 4.79 Å². The number of thiazole rings is 1. The zero-order chi connectivity index (χ0) is 15.8. The van der Waals surface area contributed by atoms with Crippen molar-refractivity contribution in [2.75, 3.05) is 5.32 Å². The molecule has 6 heteroatoms. The molecule has 0 aliphatic rings. The van der Waals surface area contributed by atoms with E-state index >= 15 is 0 Å². The van der Waals surface area contributed by atoms with Gasteiger partial charge in [0.1, 0.15) is 6.54 Å². The number of hydrogen-bond donors (Lipinski definition) is 1. The van der Waals surface area contributed by atoms with Crippen molar-refractivity contribution in [2.24, 2.45) is 0 Å². The van der Waals surface area contributed by atoms with Crippen LogP contribution in [0.3, 0.4) is 0 Å². The number of nitrogens with one attached hydrogen (secondary N) is 1. The van der Waals surface area contributed by atoms with Crippen LogP contribution >= 0.6 is 11.3 Å². The maximum atomic E-state index is 12.3. The summed E-state index contributed by atoms with van der Waals surface area (Å²) >= 11 is 1.49. The second-order valence-electron chi connectivity index (χ2n) is 5.40. The summed E-state index contributed by atoms with van der Waals surface area (Å²) in [5.41, 5.74) is 3.92. The molecule has 1 amide bonds. The number of imidazole rings is 1. The molecule has 114 valence electrons. The van der Waals surface area contributed by atoms with Crippen LogP contribution in [-0.4, -0.2) is 20.4 Å². The SMILES string of the molecule is Cc1ccc2nc(NC(=O)Cn3cnc4ccccc43)sc2c1. The molecule has 2 aromatic carbocycles. The normalized spacial score (nSPS) is 11.2. The third-order valence-electron chi connectivity index (χ3n) is 3.63. The average Bonchev–Trinajstić information content (AvgIpc) is 3.11. The predicted molar refractivity (Wildman–Crippen MR) is 92.7 cm³/mol. The number of aromatic nitrogens is 3. The Labute approximate surface area is 136 Å². The van der Waals surface area contributed by atoms with E-state index in [1.165, 1.54) is 16.9 Å². The Hall–Kier alpha value is -2.73. The number of carbonyl (C=O) groups excluding carboxylic acids is 1. The fourth-order valence-corrected chi connectivity index (χ4v) is 3.52. The van der Waals surface area contributed by atoms with Gasteiger partial charge in [0.2, 0.25) is 5.91 Å². The number of amides is 1. The van der Waals surface area contributed by atoms with E-state index in [2.05, 4.69) is 21.4 Å². The third-order valence-corrected chi connectivity index (χ3v) is 4.57. The summed E-state index contributed by atoms with van der Waals surface area (Å²) in [7, 11) is 0. The third kappa shape index (κ3) is 2.68. The van der Waals surface area contributed by atoms with Crippen molar-refractivity contribution >= 4 is 43.6 Å². The molecular weight excluding hydrogens is 308 g/mol. The van der Waals surface area contributed by atoms with Crippen LogP contribution in [0.15, 0.2) is 48.8 Å². The molecule has 0 bridgehead atoms. The molecular formula is C17H14N4OS. The Bertz CT molecular complexity index is 1020. The molecule has 2 heterocycles. The van der Waals surface area contributed by atoms with Crippen molar-refractivity contribution in [3.05, 3.63) is 54.4 Å². The molecule has 0 spiro atoms. The fraction of sp³-hybridized carbons (Fsp3) is 0.118. The van der Waals surface area contributed by atoms with Crippen LogP contribution in [-0.2, 0) is 11.3 Å². The number of para-hydroxylation sites is 2. The van der Waals surface area contributed by atoms with E-state index in [1.807, 2.05) is 47.9 Å². The molecule has 0 radical (unpaired) electrons. The van der Waals surface area contributed by atoms with Crippen molar-refractivity contribution < 1.29 is 4.79 Å². The van der Waals surface area contributed by atoms with Gasteiger partial charge in [-0.05, 0) is 36.8 Å². The number of benzene rings is 2. The van der Waals surface area contributed by atoms with Crippen molar-refractivity contribution in [1.82, 2.24) is 14.5 Å². The maximum Gasteiger partial charge on any atom is 0.246 e. The van der Waals surface area contributed by atoms with Crippen molar-refractivity contribution in [1.29, 1.82) is 0 Å². The van der Waals surface area contributed by atoms with Crippen LogP contribution in [0.2, 0.25) is 0 Å². The second kappa shape index (κ2) is 5.48. The molecule has 0 unspecified atom stereocenters. The van der Waals surface area contributed by atoms with Crippen LogP contribution in [0.4, 0.5) is 5.13 Å². The van der Waals surface area contributed by atoms with Crippen LogP contribution in [0.25, 0.3) is 21.3 Å². The zero-order valence-electron chi connectivity index (χ0n) is 12.5. The number of carbonyl (C=O) groups is 1. The van der Waals surface area contributed by atoms with Gasteiger partial charge < -0.3 is 9.88 Å². The summed E-state index contributed by atoms with van der Waals surface area (Å²) in [6.45, 7) is 2.26. The van der Waals surface area contributed by atoms with E-state index in [-0.39, 0.29) is 12.5 Å². The van der Waals surface area contributed by atoms with E-state index in [0.717, 1.165) is 21.3 Å². The second-order valence-corrected chi connectivity index (χ2v) is 6.43. The molecule has 0 aliphatic heterocycles. The highest BCUT2D eigenvalue weighted by Gasteiger charge is 2.10. The molecule has 0 saturated heterocycles. The molecule has 4 rings (SSSR count). The predicted octanol–water partition coefficient (Wildman–Crippen LogP) is 3.59. The minimum absolute atomic E-state index is 0.107. The Morgan fingerprint density at radius 1 is 1.22 bits per heavy atom. The molecule has 0 fully saturated rings. The van der Waals surface area contributed by atoms with Gasteiger partial charge in [0.15, 0.2) is 5.13 Å². The first-order valence-corrected chi connectivity index (χ1v) is 8.07. The van der Waals surface area contributed by atoms with Crippen LogP contribution in [0.5, 0.6) is 0 Å². The standard InChI is InChI=1S/C17H14N4OS/c1-11-6-7-13-15(8-11)23-17(19-13)20-16(22)9-21-10-18-12-4-2-3-5-14(12)21/h2-8,10H,9H2,1H3,(H,19,20,22). The summed E-state index contributed by atoms with van der Waals surface area (Å²) in [6, 6.07) is 13.8. The van der Waals surface area contributed by atoms with Crippen molar-refractivity contribution in [2.45, 2.75) is 13.5 Å². The first-order valence-electron chi connectivity index (χ1n) is 7.26. The minimum atomic E-state index is -0.107. The smallest absolute Gasteiger partial charge is 0.246 e. The number of aryl methyl sites for hydroxylation is 1. The summed E-state index contributed by atoms with van der Waals surface area (Å²) < 4.78 is 2.91. The highest BCUT2D eigenvalue weighted by atomic mass is 32.1. The lowest BCUT2D eigenvalue weighted by Crippen LogP contribution is -2.18. The molecule has 2 aromatic heterocycles. The van der Waals surface area contributed by atoms with Gasteiger partial charge in [-0.1, -0.05) is 29.5 Å². The number of rotatable bonds is 3. The lowest BCUT2D eigenvalue weighted by atomic mass is 10.2. The fourth-order valence-electron chi connectivity index (χ4n) is 2.54. The van der Waals surface area contributed by atoms with Gasteiger partial charge in [-0.15, -0.1) is 0 Å². The first-order chi connectivity index (χ1) is 11.2. The molecule has 0 aliphatic carbocycles. The lowest BCUT2D eigenvalue weighted by Gasteiger charge is -2.03. The highest BCUT2D eigenvalue weighted by molar-refractivity contribution is 7.22. The van der Waals surface area contributed by atoms with Gasteiger partial charge in [-0.3, -0.25) is 4.79 Å². The summed E-state index contributed by atoms with van der Waals surface area (Å²) in [6.07, 6.45) is 1.69. The number of anilines is 1. The Morgan fingerprint density at radius 3 is 3.00 bits per heavy atom. The topological polar surface area (TPSA) is 59.8 Å². The van der Waals surface area contributed by atoms with Gasteiger partial charge in [-0.25, -0.2) is 9.97 Å². The maximum absolute atomic E-state index is 12.3. The van der Waals surface area contributed by atoms with Crippen molar-refractivity contribution in [3.8, 4) is 0 Å². The van der Waals surface area contributed by atoms with Gasteiger partial charge in [0, 0.05) is 0 Å². The Balaban J connectivity index is 1.54. The zero-order valence-corrected chi connectivity index (χ0v) is 13.3. The lowest BCUT2D eigenvalue weighted by molar-refractivity contribution is -0.116. The molecule has 1 N–H and O–H groups in total. The van der Waals surface area contributed by atoms with Crippen LogP contribution in [0, 0.1) is 6.92 Å². The summed E-state index contributed by atoms with van der Waals surface area (Å²) in [4.78, 5) is 21.0. The van der Waals surface area contributed by atoms with Gasteiger partial charge >= 0.3 is 0 Å². The molecule has 0 saturated carbocycles. The first kappa shape index (κ1) is 13.9. The van der Waals surface area contributed by atoms with E-state index < -0.39 is 0 Å². The number of nitrogens with zero attached hydrogens (tertiary/aromatic N) is 3. The van der Waals surface area contributed by atoms with Gasteiger partial charge in [0.05, 0.1) is 27.6 Å². The van der Waals surface area contributed by atoms with E-state index in [1.54, 1.807) is 6.33 Å². The van der Waals surface area contributed by atoms with Gasteiger partial charge in [-0.2, -0.15) is 0 Å². The molecule has 4 aromatic rings. The summed E-state index contributed by atoms with van der Waals surface area (Å²) in [5.74, 6) is -0.107. The Kier molecular flexibility index (Phi) is 3.31. The molecule has 23 heavy (non-hydrogen) atoms. The van der Waals surface area contributed by atoms with Crippen molar-refractivity contribution in [3.63, 3.8) is 0 Å². The minimum Gasteiger partial charge on any atom is -0.321 e.